The monoisotopic (exact) mass is 957 g/mol. The summed E-state index contributed by atoms with van der Waals surface area (Å²) in [5.74, 6) is -1.60. The molecule has 15 heteroatoms. The highest BCUT2D eigenvalue weighted by Crippen LogP contribution is 2.46. The number of sulfonamides is 1. The number of benzene rings is 5. The Balaban J connectivity index is 0.930. The van der Waals surface area contributed by atoms with Crippen LogP contribution in [0.15, 0.2) is 102 Å². The van der Waals surface area contributed by atoms with Crippen molar-refractivity contribution in [3.63, 3.8) is 0 Å². The number of nitrogens with zero attached hydrogens (tertiary/aromatic N) is 2. The van der Waals surface area contributed by atoms with E-state index in [0.717, 1.165) is 67.1 Å². The van der Waals surface area contributed by atoms with Crippen molar-refractivity contribution in [3.8, 4) is 23.0 Å². The van der Waals surface area contributed by atoms with Crippen LogP contribution in [0.1, 0.15) is 111 Å². The largest absolute Gasteiger partial charge is 0.493 e. The molecule has 0 radical (unpaired) electrons. The number of aliphatic hydroxyl groups is 1. The molecule has 364 valence electrons. The number of hydrogen-bond acceptors (Lipinski definition) is 11. The highest BCUT2D eigenvalue weighted by Gasteiger charge is 2.57. The van der Waals surface area contributed by atoms with Crippen molar-refractivity contribution in [2.45, 2.75) is 113 Å². The van der Waals surface area contributed by atoms with E-state index in [1.165, 1.54) is 63.1 Å². The van der Waals surface area contributed by atoms with E-state index in [1.54, 1.807) is 37.3 Å². The zero-order chi connectivity index (χ0) is 47.7. The van der Waals surface area contributed by atoms with Crippen molar-refractivity contribution in [1.82, 2.24) is 25.2 Å². The summed E-state index contributed by atoms with van der Waals surface area (Å²) in [7, 11) is -4.54. The quantitative estimate of drug-likeness (QED) is 0.0918. The Bertz CT molecular complexity index is 2810. The molecule has 0 aromatic heterocycles. The third-order valence-electron chi connectivity index (χ3n) is 14.7. The minimum absolute atomic E-state index is 0.0266. The molecular formula is C54H63N5O9S. The van der Waals surface area contributed by atoms with E-state index in [1.807, 2.05) is 36.4 Å². The molecule has 0 bridgehead atoms. The number of hydrogen-bond donors (Lipinski definition) is 4. The zero-order valence-electron chi connectivity index (χ0n) is 39.5. The lowest BCUT2D eigenvalue weighted by molar-refractivity contribution is -0.203. The third kappa shape index (κ3) is 9.89. The van der Waals surface area contributed by atoms with Gasteiger partial charge in [0.1, 0.15) is 11.5 Å². The molecule has 14 nitrogen and oxygen atoms in total. The average Bonchev–Trinajstić information content (AvgIpc) is 3.36. The molecule has 5 aliphatic rings. The van der Waals surface area contributed by atoms with E-state index in [2.05, 4.69) is 43.4 Å². The molecule has 5 aromatic carbocycles. The Morgan fingerprint density at radius 3 is 1.87 bits per heavy atom. The van der Waals surface area contributed by atoms with Gasteiger partial charge >= 0.3 is 0 Å². The van der Waals surface area contributed by atoms with Crippen molar-refractivity contribution in [3.05, 3.63) is 125 Å². The molecule has 5 aliphatic heterocycles. The summed E-state index contributed by atoms with van der Waals surface area (Å²) >= 11 is 0. The van der Waals surface area contributed by atoms with Crippen LogP contribution >= 0.6 is 0 Å². The molecule has 5 aromatic rings. The van der Waals surface area contributed by atoms with E-state index in [9.17, 15) is 23.1 Å². The molecule has 2 amide bonds. The zero-order valence-corrected chi connectivity index (χ0v) is 40.3. The van der Waals surface area contributed by atoms with Gasteiger partial charge in [0.05, 0.1) is 42.0 Å². The van der Waals surface area contributed by atoms with Gasteiger partial charge < -0.3 is 34.7 Å². The Hall–Kier alpha value is -5.71. The van der Waals surface area contributed by atoms with Gasteiger partial charge in [-0.3, -0.25) is 19.4 Å². The number of carbonyl (C=O) groups is 2. The average molecular weight is 958 g/mol. The number of carbonyl (C=O) groups excluding carboxylic acids is 2. The second kappa shape index (κ2) is 20.0. The fourth-order valence-corrected chi connectivity index (χ4v) is 12.0. The van der Waals surface area contributed by atoms with Gasteiger partial charge in [-0.25, -0.2) is 8.42 Å². The number of rotatable bonds is 13. The molecule has 69 heavy (non-hydrogen) atoms. The standard InChI is InChI=1S/C54H63N5O9S/c1-35(51(60)55-45-22-28-65-48-30-37(16-20-43(45)48)33-58-24-7-3-8-25-58)42-14-11-15-47-50(42)68-54(53(62)67-47,57-69(63,64)41-19-18-39-12-5-6-13-40(39)32-41)36(2)52(61)56-46-23-29-66-49-31-38(17-21-44(46)49)34-59-26-9-4-10-27-59/h5-6,11-21,30-32,35-36,45-46,53,57,62H,3-4,7-10,22-29,33-34H2,1-2H3,(H,55,60)(H,56,61). The first-order valence-electron chi connectivity index (χ1n) is 24.7. The summed E-state index contributed by atoms with van der Waals surface area (Å²) in [5, 5.41) is 20.0. The summed E-state index contributed by atoms with van der Waals surface area (Å²) < 4.78 is 57.1. The molecule has 5 heterocycles. The topological polar surface area (TPSA) is 168 Å². The van der Waals surface area contributed by atoms with Crippen molar-refractivity contribution in [2.75, 3.05) is 39.4 Å². The lowest BCUT2D eigenvalue weighted by Gasteiger charge is -2.45. The SMILES string of the molecule is CC(C(=O)NC1CCOc2cc(CN3CCCCC3)ccc21)c1cccc2c1OC(NS(=O)(=O)c1ccc3ccccc3c1)(C(C)C(=O)NC1CCOc3cc(CN4CCCCC4)ccc31)C(O)O2. The van der Waals surface area contributed by atoms with E-state index in [0.29, 0.717) is 42.8 Å². The molecule has 0 saturated carbocycles. The van der Waals surface area contributed by atoms with E-state index >= 15 is 0 Å². The van der Waals surface area contributed by atoms with Crippen LogP contribution < -0.4 is 34.3 Å². The predicted octanol–water partition coefficient (Wildman–Crippen LogP) is 7.60. The Morgan fingerprint density at radius 1 is 0.681 bits per heavy atom. The second-order valence-corrected chi connectivity index (χ2v) is 21.1. The maximum Gasteiger partial charge on any atom is 0.253 e. The number of piperidine rings is 2. The normalized spacial score (nSPS) is 23.6. The molecule has 0 spiro atoms. The van der Waals surface area contributed by atoms with Gasteiger partial charge in [0.2, 0.25) is 27.6 Å². The van der Waals surface area contributed by atoms with Crippen LogP contribution in [-0.2, 0) is 32.7 Å². The number of fused-ring (bicyclic) bond motifs is 4. The van der Waals surface area contributed by atoms with Crippen LogP contribution in [0, 0.1) is 5.92 Å². The second-order valence-electron chi connectivity index (χ2n) is 19.4. The molecule has 6 unspecified atom stereocenters. The first kappa shape index (κ1) is 47.0. The number of aliphatic hydroxyl groups excluding tert-OH is 1. The van der Waals surface area contributed by atoms with Crippen LogP contribution in [0.25, 0.3) is 10.8 Å². The summed E-state index contributed by atoms with van der Waals surface area (Å²) in [6.07, 6.45) is 6.32. The maximum atomic E-state index is 14.8. The first-order chi connectivity index (χ1) is 33.4. The minimum Gasteiger partial charge on any atom is -0.493 e. The van der Waals surface area contributed by atoms with Crippen LogP contribution in [0.5, 0.6) is 23.0 Å². The van der Waals surface area contributed by atoms with Gasteiger partial charge in [-0.15, -0.1) is 0 Å². The van der Waals surface area contributed by atoms with Gasteiger partial charge in [-0.2, -0.15) is 4.72 Å². The lowest BCUT2D eigenvalue weighted by atomic mass is 9.91. The number of ether oxygens (including phenoxy) is 4. The fraction of sp³-hybridized carbons (Fsp3) is 0.444. The van der Waals surface area contributed by atoms with E-state index in [-0.39, 0.29) is 28.3 Å². The smallest absolute Gasteiger partial charge is 0.253 e. The van der Waals surface area contributed by atoms with Gasteiger partial charge in [-0.1, -0.05) is 79.6 Å². The number of likely N-dealkylation sites (tertiary alicyclic amines) is 2. The highest BCUT2D eigenvalue weighted by molar-refractivity contribution is 7.89. The third-order valence-corrected chi connectivity index (χ3v) is 16.1. The number of nitrogens with one attached hydrogen (secondary N) is 3. The molecule has 2 saturated heterocycles. The van der Waals surface area contributed by atoms with Gasteiger partial charge in [0.25, 0.3) is 6.29 Å². The van der Waals surface area contributed by atoms with Gasteiger partial charge in [0.15, 0.2) is 11.5 Å². The van der Waals surface area contributed by atoms with Crippen LogP contribution in [0.3, 0.4) is 0 Å². The molecule has 0 aliphatic carbocycles. The minimum atomic E-state index is -4.54. The van der Waals surface area contributed by atoms with Crippen LogP contribution in [0.4, 0.5) is 0 Å². The summed E-state index contributed by atoms with van der Waals surface area (Å²) in [6, 6.07) is 28.5. The molecule has 6 atom stereocenters. The maximum absolute atomic E-state index is 14.8. The molecule has 4 N–H and O–H groups in total. The van der Waals surface area contributed by atoms with Crippen molar-refractivity contribution in [1.29, 1.82) is 0 Å². The van der Waals surface area contributed by atoms with Gasteiger partial charge in [0, 0.05) is 42.6 Å². The summed E-state index contributed by atoms with van der Waals surface area (Å²) in [5.41, 5.74) is 1.94. The molecule has 10 rings (SSSR count). The van der Waals surface area contributed by atoms with E-state index < -0.39 is 45.8 Å². The van der Waals surface area contributed by atoms with Crippen molar-refractivity contribution >= 4 is 32.6 Å². The highest BCUT2D eigenvalue weighted by atomic mass is 32.2. The first-order valence-corrected chi connectivity index (χ1v) is 26.2. The Morgan fingerprint density at radius 2 is 1.26 bits per heavy atom. The van der Waals surface area contributed by atoms with Crippen LogP contribution in [-0.4, -0.2) is 86.5 Å². The number of para-hydroxylation sites is 1. The summed E-state index contributed by atoms with van der Waals surface area (Å²) in [4.78, 5) is 33.9. The molecule has 2 fully saturated rings. The number of amides is 2. The van der Waals surface area contributed by atoms with Crippen molar-refractivity contribution < 1.29 is 42.1 Å². The summed E-state index contributed by atoms with van der Waals surface area (Å²) in [6.45, 7) is 9.97. The lowest BCUT2D eigenvalue weighted by Crippen LogP contribution is -2.69. The Labute approximate surface area is 404 Å². The van der Waals surface area contributed by atoms with Crippen LogP contribution in [0.2, 0.25) is 0 Å². The molecular weight excluding hydrogens is 895 g/mol. The van der Waals surface area contributed by atoms with Crippen molar-refractivity contribution in [2.24, 2.45) is 5.92 Å². The van der Waals surface area contributed by atoms with E-state index in [4.69, 9.17) is 18.9 Å². The fourth-order valence-electron chi connectivity index (χ4n) is 10.6. The predicted molar refractivity (Wildman–Crippen MR) is 261 cm³/mol. The van der Waals surface area contributed by atoms with Gasteiger partial charge in [-0.05, 0) is 118 Å². The Kier molecular flexibility index (Phi) is 13.6.